The Morgan fingerprint density at radius 1 is 1.10 bits per heavy atom. The Morgan fingerprint density at radius 2 is 1.79 bits per heavy atom. The maximum Gasteiger partial charge on any atom is 0.293 e. The smallest absolute Gasteiger partial charge is 0.293 e. The number of aryl methyl sites for hydroxylation is 1. The number of aromatic nitrogens is 1. The van der Waals surface area contributed by atoms with E-state index in [4.69, 9.17) is 0 Å². The minimum absolute atomic E-state index is 0.266. The van der Waals surface area contributed by atoms with Crippen LogP contribution in [-0.2, 0) is 11.8 Å². The van der Waals surface area contributed by atoms with E-state index in [0.29, 0.717) is 10.5 Å². The van der Waals surface area contributed by atoms with Gasteiger partial charge in [-0.25, -0.2) is 0 Å². The molecule has 1 saturated heterocycles. The molecule has 2 heterocycles. The molecule has 146 valence electrons. The van der Waals surface area contributed by atoms with E-state index in [2.05, 4.69) is 20.5 Å². The van der Waals surface area contributed by atoms with Crippen molar-refractivity contribution in [2.45, 2.75) is 6.92 Å². The maximum absolute atomic E-state index is 12.8. The lowest BCUT2D eigenvalue weighted by molar-refractivity contribution is -0.122. The van der Waals surface area contributed by atoms with Crippen molar-refractivity contribution in [3.8, 4) is 0 Å². The second-order valence-electron chi connectivity index (χ2n) is 6.77. The number of fused-ring (bicyclic) bond motifs is 1. The summed E-state index contributed by atoms with van der Waals surface area (Å²) in [7, 11) is 1.97. The SMILES string of the molecule is Cc1c(/C=C2\SC(=O)N(CC(=O)c3ccc(Br)cc3)C2=O)c2ccccc2n1C. The Bertz CT molecular complexity index is 1190. The number of Topliss-reactive ketones (excluding diaryl/α,β-unsaturated/α-hetero) is 1. The first kappa shape index (κ1) is 19.7. The van der Waals surface area contributed by atoms with Crippen molar-refractivity contribution in [2.75, 3.05) is 6.54 Å². The van der Waals surface area contributed by atoms with E-state index in [0.717, 1.165) is 43.3 Å². The lowest BCUT2D eigenvalue weighted by atomic mass is 10.1. The average Bonchev–Trinajstić information content (AvgIpc) is 3.11. The van der Waals surface area contributed by atoms with Gasteiger partial charge in [0.2, 0.25) is 0 Å². The predicted molar refractivity (Wildman–Crippen MR) is 119 cm³/mol. The molecule has 0 spiro atoms. The zero-order valence-electron chi connectivity index (χ0n) is 15.8. The van der Waals surface area contributed by atoms with Crippen LogP contribution in [0.1, 0.15) is 21.6 Å². The van der Waals surface area contributed by atoms with Gasteiger partial charge in [0.05, 0.1) is 11.4 Å². The van der Waals surface area contributed by atoms with E-state index < -0.39 is 11.1 Å². The molecule has 0 unspecified atom stereocenters. The number of imide groups is 1. The van der Waals surface area contributed by atoms with Gasteiger partial charge in [-0.1, -0.05) is 46.3 Å². The number of carbonyl (C=O) groups is 3. The van der Waals surface area contributed by atoms with Crippen molar-refractivity contribution in [3.05, 3.63) is 74.7 Å². The highest BCUT2D eigenvalue weighted by Gasteiger charge is 2.36. The van der Waals surface area contributed by atoms with Crippen LogP contribution in [0.25, 0.3) is 17.0 Å². The van der Waals surface area contributed by atoms with Gasteiger partial charge in [-0.2, -0.15) is 0 Å². The lowest BCUT2D eigenvalue weighted by Crippen LogP contribution is -2.33. The Morgan fingerprint density at radius 3 is 2.52 bits per heavy atom. The van der Waals surface area contributed by atoms with Crippen LogP contribution >= 0.6 is 27.7 Å². The van der Waals surface area contributed by atoms with Gasteiger partial charge in [-0.15, -0.1) is 0 Å². The van der Waals surface area contributed by atoms with E-state index in [-0.39, 0.29) is 12.3 Å². The van der Waals surface area contributed by atoms with Gasteiger partial charge in [0, 0.05) is 39.2 Å². The summed E-state index contributed by atoms with van der Waals surface area (Å²) in [6, 6.07) is 14.8. The largest absolute Gasteiger partial charge is 0.347 e. The fourth-order valence-corrected chi connectivity index (χ4v) is 4.45. The minimum Gasteiger partial charge on any atom is -0.347 e. The molecule has 0 bridgehead atoms. The summed E-state index contributed by atoms with van der Waals surface area (Å²) in [5, 5.41) is 0.592. The van der Waals surface area contributed by atoms with Crippen molar-refractivity contribution in [3.63, 3.8) is 0 Å². The molecule has 0 atom stereocenters. The average molecular weight is 469 g/mol. The number of benzene rings is 2. The summed E-state index contributed by atoms with van der Waals surface area (Å²) in [6.45, 7) is 1.71. The summed E-state index contributed by atoms with van der Waals surface area (Å²) >= 11 is 4.20. The standard InChI is InChI=1S/C22H17BrN2O3S/c1-13-17(16-5-3-4-6-18(16)24(13)2)11-20-21(27)25(22(28)29-20)12-19(26)14-7-9-15(23)10-8-14/h3-11H,12H2,1-2H3/b20-11-. The zero-order valence-corrected chi connectivity index (χ0v) is 18.2. The number of halogens is 1. The van der Waals surface area contributed by atoms with Gasteiger partial charge in [0.1, 0.15) is 0 Å². The first-order valence-electron chi connectivity index (χ1n) is 8.95. The topological polar surface area (TPSA) is 59.4 Å². The van der Waals surface area contributed by atoms with Crippen LogP contribution in [0.4, 0.5) is 4.79 Å². The number of hydrogen-bond donors (Lipinski definition) is 0. The molecule has 0 radical (unpaired) electrons. The van der Waals surface area contributed by atoms with E-state index in [1.807, 2.05) is 38.2 Å². The summed E-state index contributed by atoms with van der Waals surface area (Å²) in [5.41, 5.74) is 3.43. The van der Waals surface area contributed by atoms with E-state index in [1.54, 1.807) is 30.3 Å². The highest BCUT2D eigenvalue weighted by molar-refractivity contribution is 9.10. The molecule has 3 aromatic rings. The van der Waals surface area contributed by atoms with E-state index in [1.165, 1.54) is 0 Å². The van der Waals surface area contributed by atoms with Crippen molar-refractivity contribution in [1.82, 2.24) is 9.47 Å². The molecule has 4 rings (SSSR count). The number of para-hydroxylation sites is 1. The molecule has 29 heavy (non-hydrogen) atoms. The molecule has 1 aliphatic heterocycles. The summed E-state index contributed by atoms with van der Waals surface area (Å²) < 4.78 is 2.91. The highest BCUT2D eigenvalue weighted by Crippen LogP contribution is 2.35. The second kappa shape index (κ2) is 7.65. The molecule has 1 fully saturated rings. The van der Waals surface area contributed by atoms with Crippen LogP contribution in [-0.4, -0.2) is 32.9 Å². The zero-order chi connectivity index (χ0) is 20.7. The highest BCUT2D eigenvalue weighted by atomic mass is 79.9. The fourth-order valence-electron chi connectivity index (χ4n) is 3.37. The molecular formula is C22H17BrN2O3S. The van der Waals surface area contributed by atoms with Gasteiger partial charge in [0.15, 0.2) is 5.78 Å². The van der Waals surface area contributed by atoms with Gasteiger partial charge in [0.25, 0.3) is 11.1 Å². The summed E-state index contributed by atoms with van der Waals surface area (Å²) in [4.78, 5) is 39.1. The Kier molecular flexibility index (Phi) is 5.19. The Hall–Kier alpha value is -2.64. The van der Waals surface area contributed by atoms with Crippen LogP contribution in [0.15, 0.2) is 57.9 Å². The van der Waals surface area contributed by atoms with Gasteiger partial charge < -0.3 is 4.57 Å². The Labute approximate surface area is 180 Å². The van der Waals surface area contributed by atoms with Crippen molar-refractivity contribution in [1.29, 1.82) is 0 Å². The number of thioether (sulfide) groups is 1. The van der Waals surface area contributed by atoms with Crippen LogP contribution in [0.3, 0.4) is 0 Å². The van der Waals surface area contributed by atoms with Crippen LogP contribution in [0.5, 0.6) is 0 Å². The third-order valence-corrected chi connectivity index (χ3v) is 6.50. The summed E-state index contributed by atoms with van der Waals surface area (Å²) in [5.74, 6) is -0.708. The number of ketones is 1. The molecule has 5 nitrogen and oxygen atoms in total. The molecule has 1 aromatic heterocycles. The third kappa shape index (κ3) is 3.56. The molecular weight excluding hydrogens is 452 g/mol. The first-order chi connectivity index (χ1) is 13.9. The van der Waals surface area contributed by atoms with E-state index in [9.17, 15) is 14.4 Å². The minimum atomic E-state index is -0.433. The van der Waals surface area contributed by atoms with Crippen LogP contribution in [0, 0.1) is 6.92 Å². The predicted octanol–water partition coefficient (Wildman–Crippen LogP) is 5.17. The number of carbonyl (C=O) groups excluding carboxylic acids is 3. The Balaban J connectivity index is 1.63. The van der Waals surface area contributed by atoms with Gasteiger partial charge in [-0.05, 0) is 43.0 Å². The summed E-state index contributed by atoms with van der Waals surface area (Å²) in [6.07, 6.45) is 1.76. The molecule has 2 aromatic carbocycles. The van der Waals surface area contributed by atoms with Crippen molar-refractivity contribution < 1.29 is 14.4 Å². The molecule has 0 saturated carbocycles. The number of amides is 2. The fraction of sp³-hybridized carbons (Fsp3) is 0.136. The molecule has 7 heteroatoms. The molecule has 2 amide bonds. The third-order valence-electron chi connectivity index (χ3n) is 5.07. The lowest BCUT2D eigenvalue weighted by Gasteiger charge is -2.11. The van der Waals surface area contributed by atoms with Crippen molar-refractivity contribution >= 4 is 61.6 Å². The molecule has 1 aliphatic rings. The quantitative estimate of drug-likeness (QED) is 0.391. The van der Waals surface area contributed by atoms with Crippen molar-refractivity contribution in [2.24, 2.45) is 7.05 Å². The number of rotatable bonds is 4. The normalized spacial score (nSPS) is 15.7. The monoisotopic (exact) mass is 468 g/mol. The van der Waals surface area contributed by atoms with E-state index >= 15 is 0 Å². The van der Waals surface area contributed by atoms with Gasteiger partial charge in [-0.3, -0.25) is 19.3 Å². The maximum atomic E-state index is 12.8. The second-order valence-corrected chi connectivity index (χ2v) is 8.68. The van der Waals surface area contributed by atoms with Crippen LogP contribution < -0.4 is 0 Å². The number of nitrogens with zero attached hydrogens (tertiary/aromatic N) is 2. The molecule has 0 aliphatic carbocycles. The number of hydrogen-bond acceptors (Lipinski definition) is 4. The molecule has 0 N–H and O–H groups in total. The van der Waals surface area contributed by atoms with Crippen LogP contribution in [0.2, 0.25) is 0 Å². The van der Waals surface area contributed by atoms with Gasteiger partial charge >= 0.3 is 0 Å². The first-order valence-corrected chi connectivity index (χ1v) is 10.6.